The van der Waals surface area contributed by atoms with E-state index in [0.717, 1.165) is 76.7 Å². The SMILES string of the molecule is CCNC(=NCCC1=CCOCC1)NC1CCN(c2cccc(F)c2)CC1.I. The number of hydrogen-bond donors (Lipinski definition) is 2. The van der Waals surface area contributed by atoms with Crippen molar-refractivity contribution in [2.45, 2.75) is 38.6 Å². The van der Waals surface area contributed by atoms with Gasteiger partial charge in [-0.05, 0) is 50.8 Å². The van der Waals surface area contributed by atoms with Crippen LogP contribution in [-0.2, 0) is 4.74 Å². The zero-order valence-electron chi connectivity index (χ0n) is 16.6. The summed E-state index contributed by atoms with van der Waals surface area (Å²) in [4.78, 5) is 6.99. The lowest BCUT2D eigenvalue weighted by atomic mass is 10.0. The van der Waals surface area contributed by atoms with Crippen LogP contribution in [0.2, 0.25) is 0 Å². The molecule has 2 aliphatic rings. The van der Waals surface area contributed by atoms with E-state index in [1.807, 2.05) is 6.07 Å². The summed E-state index contributed by atoms with van der Waals surface area (Å²) in [5, 5.41) is 6.92. The van der Waals surface area contributed by atoms with Crippen LogP contribution >= 0.6 is 24.0 Å². The number of rotatable bonds is 6. The van der Waals surface area contributed by atoms with Gasteiger partial charge in [0.2, 0.25) is 0 Å². The molecule has 1 fully saturated rings. The van der Waals surface area contributed by atoms with Gasteiger partial charge >= 0.3 is 0 Å². The Balaban J connectivity index is 0.00000280. The second kappa shape index (κ2) is 12.3. The van der Waals surface area contributed by atoms with Gasteiger partial charge in [0.1, 0.15) is 5.82 Å². The van der Waals surface area contributed by atoms with Crippen molar-refractivity contribution in [2.75, 3.05) is 44.3 Å². The number of guanidine groups is 1. The van der Waals surface area contributed by atoms with E-state index in [4.69, 9.17) is 9.73 Å². The number of piperidine rings is 1. The minimum Gasteiger partial charge on any atom is -0.377 e. The van der Waals surface area contributed by atoms with Crippen LogP contribution in [0.4, 0.5) is 10.1 Å². The standard InChI is InChI=1S/C21H31FN4O.HI/c1-2-23-21(24-11-6-17-9-14-27-15-10-17)25-19-7-12-26(13-8-19)20-5-3-4-18(22)16-20;/h3-5,9,16,19H,2,6-8,10-15H2,1H3,(H2,23,24,25);1H. The van der Waals surface area contributed by atoms with Crippen LogP contribution in [0.15, 0.2) is 40.9 Å². The molecule has 28 heavy (non-hydrogen) atoms. The highest BCUT2D eigenvalue weighted by Gasteiger charge is 2.20. The number of hydrogen-bond acceptors (Lipinski definition) is 3. The Kier molecular flexibility index (Phi) is 10.0. The minimum absolute atomic E-state index is 0. The van der Waals surface area contributed by atoms with E-state index >= 15 is 0 Å². The van der Waals surface area contributed by atoms with Crippen molar-refractivity contribution < 1.29 is 9.13 Å². The monoisotopic (exact) mass is 502 g/mol. The summed E-state index contributed by atoms with van der Waals surface area (Å²) in [5.41, 5.74) is 2.42. The molecule has 0 radical (unpaired) electrons. The molecule has 2 heterocycles. The summed E-state index contributed by atoms with van der Waals surface area (Å²) in [6.07, 6.45) is 6.24. The predicted molar refractivity (Wildman–Crippen MR) is 124 cm³/mol. The third kappa shape index (κ3) is 7.24. The number of nitrogens with zero attached hydrogens (tertiary/aromatic N) is 2. The molecule has 2 aliphatic heterocycles. The van der Waals surface area contributed by atoms with Crippen LogP contribution < -0.4 is 15.5 Å². The summed E-state index contributed by atoms with van der Waals surface area (Å²) in [5.74, 6) is 0.725. The van der Waals surface area contributed by atoms with Crippen LogP contribution in [0.5, 0.6) is 0 Å². The molecule has 0 aliphatic carbocycles. The van der Waals surface area contributed by atoms with E-state index in [1.165, 1.54) is 11.6 Å². The van der Waals surface area contributed by atoms with Gasteiger partial charge in [-0.2, -0.15) is 0 Å². The first-order valence-electron chi connectivity index (χ1n) is 10.1. The van der Waals surface area contributed by atoms with Crippen molar-refractivity contribution in [1.29, 1.82) is 0 Å². The summed E-state index contributed by atoms with van der Waals surface area (Å²) < 4.78 is 18.8. The number of halogens is 2. The maximum absolute atomic E-state index is 13.4. The average molecular weight is 502 g/mol. The molecular weight excluding hydrogens is 470 g/mol. The Hall–Kier alpha value is -1.35. The molecule has 0 saturated carbocycles. The highest BCUT2D eigenvalue weighted by atomic mass is 127. The molecule has 1 aromatic carbocycles. The first kappa shape index (κ1) is 22.9. The van der Waals surface area contributed by atoms with Crippen LogP contribution in [0.3, 0.4) is 0 Å². The van der Waals surface area contributed by atoms with Crippen LogP contribution in [0.1, 0.15) is 32.6 Å². The predicted octanol–water partition coefficient (Wildman–Crippen LogP) is 3.70. The van der Waals surface area contributed by atoms with Crippen molar-refractivity contribution >= 4 is 35.6 Å². The zero-order valence-corrected chi connectivity index (χ0v) is 19.0. The van der Waals surface area contributed by atoms with E-state index in [2.05, 4.69) is 28.5 Å². The molecule has 3 rings (SSSR count). The second-order valence-corrected chi connectivity index (χ2v) is 7.08. The van der Waals surface area contributed by atoms with Crippen molar-refractivity contribution in [3.8, 4) is 0 Å². The molecule has 0 aromatic heterocycles. The molecule has 2 N–H and O–H groups in total. The highest BCUT2D eigenvalue weighted by molar-refractivity contribution is 14.0. The molecule has 156 valence electrons. The van der Waals surface area contributed by atoms with Gasteiger partial charge in [0.25, 0.3) is 0 Å². The quantitative estimate of drug-likeness (QED) is 0.270. The molecule has 5 nitrogen and oxygen atoms in total. The molecule has 1 saturated heterocycles. The van der Waals surface area contributed by atoms with Gasteiger partial charge in [-0.3, -0.25) is 4.99 Å². The normalized spacial score (nSPS) is 18.3. The fourth-order valence-corrected chi connectivity index (χ4v) is 3.57. The molecule has 1 aromatic rings. The van der Waals surface area contributed by atoms with Gasteiger partial charge in [0, 0.05) is 37.9 Å². The summed E-state index contributed by atoms with van der Waals surface area (Å²) in [6, 6.07) is 7.26. The number of benzene rings is 1. The van der Waals surface area contributed by atoms with E-state index in [9.17, 15) is 4.39 Å². The maximum Gasteiger partial charge on any atom is 0.191 e. The van der Waals surface area contributed by atoms with Gasteiger partial charge in [0.05, 0.1) is 13.2 Å². The third-order valence-corrected chi connectivity index (χ3v) is 5.11. The van der Waals surface area contributed by atoms with E-state index in [1.54, 1.807) is 12.1 Å². The Morgan fingerprint density at radius 2 is 2.14 bits per heavy atom. The Morgan fingerprint density at radius 1 is 1.32 bits per heavy atom. The lowest BCUT2D eigenvalue weighted by Crippen LogP contribution is -2.48. The summed E-state index contributed by atoms with van der Waals surface area (Å²) in [6.45, 7) is 7.15. The summed E-state index contributed by atoms with van der Waals surface area (Å²) >= 11 is 0. The lowest BCUT2D eigenvalue weighted by molar-refractivity contribution is 0.153. The Labute approximate surface area is 184 Å². The lowest BCUT2D eigenvalue weighted by Gasteiger charge is -2.34. The van der Waals surface area contributed by atoms with Crippen LogP contribution in [0.25, 0.3) is 0 Å². The first-order chi connectivity index (χ1) is 13.2. The van der Waals surface area contributed by atoms with Gasteiger partial charge in [0.15, 0.2) is 5.96 Å². The molecule has 0 atom stereocenters. The van der Waals surface area contributed by atoms with Crippen LogP contribution in [-0.4, -0.2) is 51.4 Å². The van der Waals surface area contributed by atoms with Crippen molar-refractivity contribution in [2.24, 2.45) is 4.99 Å². The fourth-order valence-electron chi connectivity index (χ4n) is 3.57. The maximum atomic E-state index is 13.4. The Morgan fingerprint density at radius 3 is 2.82 bits per heavy atom. The van der Waals surface area contributed by atoms with E-state index in [0.29, 0.717) is 6.04 Å². The van der Waals surface area contributed by atoms with Gasteiger partial charge in [-0.15, -0.1) is 24.0 Å². The zero-order chi connectivity index (χ0) is 18.9. The van der Waals surface area contributed by atoms with Gasteiger partial charge in [-0.1, -0.05) is 17.7 Å². The number of anilines is 1. The first-order valence-corrected chi connectivity index (χ1v) is 10.1. The van der Waals surface area contributed by atoms with E-state index in [-0.39, 0.29) is 29.8 Å². The number of aliphatic imine (C=N–C) groups is 1. The van der Waals surface area contributed by atoms with Gasteiger partial charge in [-0.25, -0.2) is 4.39 Å². The Bertz CT molecular complexity index is 660. The molecule has 7 heteroatoms. The number of nitrogens with one attached hydrogen (secondary N) is 2. The van der Waals surface area contributed by atoms with Crippen molar-refractivity contribution in [1.82, 2.24) is 10.6 Å². The molecule has 0 spiro atoms. The fraction of sp³-hybridized carbons (Fsp3) is 0.571. The molecule has 0 bridgehead atoms. The molecule has 0 amide bonds. The molecule has 0 unspecified atom stereocenters. The topological polar surface area (TPSA) is 48.9 Å². The largest absolute Gasteiger partial charge is 0.377 e. The smallest absolute Gasteiger partial charge is 0.191 e. The average Bonchev–Trinajstić information content (AvgIpc) is 2.69. The van der Waals surface area contributed by atoms with Gasteiger partial charge < -0.3 is 20.3 Å². The minimum atomic E-state index is -0.172. The molecular formula is C21H32FIN4O. The third-order valence-electron chi connectivity index (χ3n) is 5.11. The van der Waals surface area contributed by atoms with Crippen LogP contribution in [0, 0.1) is 5.82 Å². The van der Waals surface area contributed by atoms with Crippen molar-refractivity contribution in [3.05, 3.63) is 41.7 Å². The second-order valence-electron chi connectivity index (χ2n) is 7.08. The highest BCUT2D eigenvalue weighted by Crippen LogP contribution is 2.20. The van der Waals surface area contributed by atoms with Crippen molar-refractivity contribution in [3.63, 3.8) is 0 Å². The number of ether oxygens (including phenoxy) is 1. The van der Waals surface area contributed by atoms with E-state index < -0.39 is 0 Å². The summed E-state index contributed by atoms with van der Waals surface area (Å²) in [7, 11) is 0.